The van der Waals surface area contributed by atoms with Crippen molar-refractivity contribution in [1.82, 2.24) is 9.80 Å². The monoisotopic (exact) mass is 422 g/mol. The van der Waals surface area contributed by atoms with Crippen molar-refractivity contribution in [3.05, 3.63) is 82.0 Å². The van der Waals surface area contributed by atoms with E-state index in [4.69, 9.17) is 0 Å². The Morgan fingerprint density at radius 3 is 2.00 bits per heavy atom. The number of hydrogen-bond donors (Lipinski definition) is 0. The average molecular weight is 423 g/mol. The van der Waals surface area contributed by atoms with E-state index < -0.39 is 0 Å². The highest BCUT2D eigenvalue weighted by Crippen LogP contribution is 2.33. The molecule has 1 saturated heterocycles. The summed E-state index contributed by atoms with van der Waals surface area (Å²) in [6.07, 6.45) is 0. The fraction of sp³-hybridized carbons (Fsp3) is 0.250. The van der Waals surface area contributed by atoms with Crippen LogP contribution in [0.25, 0.3) is 10.4 Å². The molecule has 2 heterocycles. The second-order valence-corrected chi connectivity index (χ2v) is 8.63. The molecule has 0 saturated carbocycles. The van der Waals surface area contributed by atoms with Gasteiger partial charge in [0.25, 0.3) is 11.8 Å². The third kappa shape index (κ3) is 4.14. The van der Waals surface area contributed by atoms with Gasteiger partial charge in [-0.15, -0.1) is 11.3 Å². The summed E-state index contributed by atoms with van der Waals surface area (Å²) in [5.74, 6) is -0.283. The van der Waals surface area contributed by atoms with Crippen molar-refractivity contribution in [3.63, 3.8) is 0 Å². The summed E-state index contributed by atoms with van der Waals surface area (Å²) in [4.78, 5) is 30.9. The molecule has 154 valence electrons. The lowest BCUT2D eigenvalue weighted by atomic mass is 10.1. The van der Waals surface area contributed by atoms with Crippen molar-refractivity contribution in [2.75, 3.05) is 26.2 Å². The van der Waals surface area contributed by atoms with E-state index in [9.17, 15) is 14.0 Å². The smallest absolute Gasteiger partial charge is 0.264 e. The molecule has 30 heavy (non-hydrogen) atoms. The molecule has 0 N–H and O–H groups in total. The molecule has 3 aromatic rings. The number of aryl methyl sites for hydroxylation is 2. The lowest BCUT2D eigenvalue weighted by molar-refractivity contribution is 0.0538. The van der Waals surface area contributed by atoms with Crippen LogP contribution >= 0.6 is 11.3 Å². The van der Waals surface area contributed by atoms with Gasteiger partial charge in [0.1, 0.15) is 5.82 Å². The minimum Gasteiger partial charge on any atom is -0.335 e. The molecule has 2 aromatic carbocycles. The van der Waals surface area contributed by atoms with E-state index in [0.717, 1.165) is 21.6 Å². The summed E-state index contributed by atoms with van der Waals surface area (Å²) >= 11 is 1.43. The number of piperazine rings is 1. The zero-order valence-electron chi connectivity index (χ0n) is 17.0. The van der Waals surface area contributed by atoms with Crippen LogP contribution in [0.2, 0.25) is 0 Å². The highest BCUT2D eigenvalue weighted by Gasteiger charge is 2.26. The summed E-state index contributed by atoms with van der Waals surface area (Å²) in [6, 6.07) is 15.8. The molecule has 4 rings (SSSR count). The van der Waals surface area contributed by atoms with E-state index in [1.54, 1.807) is 21.9 Å². The fourth-order valence-corrected chi connectivity index (χ4v) is 4.77. The Morgan fingerprint density at radius 1 is 0.833 bits per heavy atom. The van der Waals surface area contributed by atoms with Gasteiger partial charge in [-0.3, -0.25) is 9.59 Å². The first-order chi connectivity index (χ1) is 14.4. The Hall–Kier alpha value is -2.99. The highest BCUT2D eigenvalue weighted by molar-refractivity contribution is 7.17. The van der Waals surface area contributed by atoms with Gasteiger partial charge in [-0.2, -0.15) is 0 Å². The van der Waals surface area contributed by atoms with Gasteiger partial charge >= 0.3 is 0 Å². The number of carbonyl (C=O) groups is 2. The standard InChI is InChI=1S/C24H23FN2O2S/c1-16-3-5-19(6-4-16)23(28)26-11-13-27(14-12-26)24(29)21-15-17(2)22(30-21)18-7-9-20(25)10-8-18/h3-10,15H,11-14H2,1-2H3. The molecule has 4 nitrogen and oxygen atoms in total. The van der Waals surface area contributed by atoms with Crippen LogP contribution in [0.15, 0.2) is 54.6 Å². The topological polar surface area (TPSA) is 40.6 Å². The molecule has 0 spiro atoms. The lowest BCUT2D eigenvalue weighted by Gasteiger charge is -2.34. The van der Waals surface area contributed by atoms with Crippen molar-refractivity contribution >= 4 is 23.2 Å². The summed E-state index contributed by atoms with van der Waals surface area (Å²) in [6.45, 7) is 6.02. The van der Waals surface area contributed by atoms with Crippen LogP contribution in [0.4, 0.5) is 4.39 Å². The summed E-state index contributed by atoms with van der Waals surface area (Å²) in [7, 11) is 0. The largest absolute Gasteiger partial charge is 0.335 e. The van der Waals surface area contributed by atoms with E-state index in [-0.39, 0.29) is 17.6 Å². The molecule has 0 aliphatic carbocycles. The lowest BCUT2D eigenvalue weighted by Crippen LogP contribution is -2.50. The van der Waals surface area contributed by atoms with Gasteiger partial charge in [0.05, 0.1) is 4.88 Å². The first-order valence-electron chi connectivity index (χ1n) is 9.94. The number of carbonyl (C=O) groups excluding carboxylic acids is 2. The third-order valence-electron chi connectivity index (χ3n) is 5.39. The second kappa shape index (κ2) is 8.40. The highest BCUT2D eigenvalue weighted by atomic mass is 32.1. The summed E-state index contributed by atoms with van der Waals surface area (Å²) in [5, 5.41) is 0. The van der Waals surface area contributed by atoms with E-state index in [1.165, 1.54) is 23.5 Å². The predicted octanol–water partition coefficient (Wildman–Crippen LogP) is 4.77. The van der Waals surface area contributed by atoms with Crippen molar-refractivity contribution < 1.29 is 14.0 Å². The predicted molar refractivity (Wildman–Crippen MR) is 117 cm³/mol. The van der Waals surface area contributed by atoms with Gasteiger partial charge in [-0.05, 0) is 55.3 Å². The molecule has 1 fully saturated rings. The number of thiophene rings is 1. The fourth-order valence-electron chi connectivity index (χ4n) is 3.62. The normalized spacial score (nSPS) is 14.1. The molecule has 1 aliphatic heterocycles. The molecule has 0 bridgehead atoms. The summed E-state index contributed by atoms with van der Waals surface area (Å²) < 4.78 is 13.2. The van der Waals surface area contributed by atoms with Crippen LogP contribution in [-0.4, -0.2) is 47.8 Å². The van der Waals surface area contributed by atoms with Crippen LogP contribution in [0.1, 0.15) is 31.2 Å². The zero-order valence-corrected chi connectivity index (χ0v) is 17.8. The van der Waals surface area contributed by atoms with Crippen molar-refractivity contribution in [2.24, 2.45) is 0 Å². The number of nitrogens with zero attached hydrogens (tertiary/aromatic N) is 2. The summed E-state index contributed by atoms with van der Waals surface area (Å²) in [5.41, 5.74) is 3.71. The molecular weight excluding hydrogens is 399 g/mol. The first-order valence-corrected chi connectivity index (χ1v) is 10.8. The molecule has 6 heteroatoms. The first kappa shape index (κ1) is 20.3. The third-order valence-corrected chi connectivity index (χ3v) is 6.66. The minimum absolute atomic E-state index is 0.00710. The molecule has 1 aliphatic rings. The number of amides is 2. The molecule has 0 unspecified atom stereocenters. The Labute approximate surface area is 179 Å². The number of rotatable bonds is 3. The van der Waals surface area contributed by atoms with Gasteiger partial charge in [0.15, 0.2) is 0 Å². The average Bonchev–Trinajstić information content (AvgIpc) is 3.15. The zero-order chi connectivity index (χ0) is 21.3. The van der Waals surface area contributed by atoms with Crippen LogP contribution in [0, 0.1) is 19.7 Å². The van der Waals surface area contributed by atoms with Crippen molar-refractivity contribution in [3.8, 4) is 10.4 Å². The molecular formula is C24H23FN2O2S. The quantitative estimate of drug-likeness (QED) is 0.610. The van der Waals surface area contributed by atoms with E-state index in [2.05, 4.69) is 0 Å². The molecule has 1 aromatic heterocycles. The van der Waals surface area contributed by atoms with Gasteiger partial charge in [0.2, 0.25) is 0 Å². The molecule has 2 amide bonds. The Bertz CT molecular complexity index is 1070. The van der Waals surface area contributed by atoms with Gasteiger partial charge in [-0.25, -0.2) is 4.39 Å². The number of benzene rings is 2. The Kier molecular flexibility index (Phi) is 5.68. The van der Waals surface area contributed by atoms with Crippen LogP contribution in [0.5, 0.6) is 0 Å². The number of hydrogen-bond acceptors (Lipinski definition) is 3. The molecule has 0 radical (unpaired) electrons. The van der Waals surface area contributed by atoms with Crippen LogP contribution in [0.3, 0.4) is 0 Å². The van der Waals surface area contributed by atoms with Gasteiger partial charge in [0, 0.05) is 36.6 Å². The number of halogens is 1. The second-order valence-electron chi connectivity index (χ2n) is 7.58. The SMILES string of the molecule is Cc1ccc(C(=O)N2CCN(C(=O)c3cc(C)c(-c4ccc(F)cc4)s3)CC2)cc1. The van der Waals surface area contributed by atoms with Gasteiger partial charge < -0.3 is 9.80 Å². The maximum Gasteiger partial charge on any atom is 0.264 e. The molecule has 0 atom stereocenters. The minimum atomic E-state index is -0.276. The van der Waals surface area contributed by atoms with Crippen molar-refractivity contribution in [1.29, 1.82) is 0 Å². The van der Waals surface area contributed by atoms with E-state index in [1.807, 2.05) is 44.2 Å². The van der Waals surface area contributed by atoms with Gasteiger partial charge in [-0.1, -0.05) is 29.8 Å². The van der Waals surface area contributed by atoms with Crippen molar-refractivity contribution in [2.45, 2.75) is 13.8 Å². The van der Waals surface area contributed by atoms with E-state index >= 15 is 0 Å². The van der Waals surface area contributed by atoms with Crippen LogP contribution in [-0.2, 0) is 0 Å². The van der Waals surface area contributed by atoms with Crippen LogP contribution < -0.4 is 0 Å². The maximum atomic E-state index is 13.2. The van der Waals surface area contributed by atoms with E-state index in [0.29, 0.717) is 36.6 Å². The Balaban J connectivity index is 1.42. The maximum absolute atomic E-state index is 13.2. The Morgan fingerprint density at radius 2 is 1.40 bits per heavy atom.